The van der Waals surface area contributed by atoms with Crippen LogP contribution >= 0.6 is 0 Å². The van der Waals surface area contributed by atoms with Crippen LogP contribution in [0.2, 0.25) is 0 Å². The molecule has 1 aliphatic heterocycles. The summed E-state index contributed by atoms with van der Waals surface area (Å²) in [6.07, 6.45) is -10.2. The van der Waals surface area contributed by atoms with E-state index in [2.05, 4.69) is 4.74 Å². The largest absolute Gasteiger partial charge is 0.490 e. The van der Waals surface area contributed by atoms with Gasteiger partial charge in [0.1, 0.15) is 0 Å². The molecule has 0 bridgehead atoms. The summed E-state index contributed by atoms with van der Waals surface area (Å²) in [5, 5.41) is 9.16. The fourth-order valence-electron chi connectivity index (χ4n) is 2.83. The number of carboxylic acid groups (broad SMARTS) is 1. The summed E-state index contributed by atoms with van der Waals surface area (Å²) in [7, 11) is 0.676. The van der Waals surface area contributed by atoms with Crippen LogP contribution in [-0.2, 0) is 9.53 Å². The molecule has 12 heteroatoms. The van der Waals surface area contributed by atoms with Crippen LogP contribution in [0.4, 0.5) is 32.0 Å². The van der Waals surface area contributed by atoms with Crippen molar-refractivity contribution in [2.45, 2.75) is 24.7 Å². The van der Waals surface area contributed by atoms with Gasteiger partial charge in [0.15, 0.2) is 0 Å². The highest BCUT2D eigenvalue weighted by atomic mass is 19.4. The zero-order valence-corrected chi connectivity index (χ0v) is 14.6. The zero-order valence-electron chi connectivity index (χ0n) is 14.6. The monoisotopic (exact) mass is 416 g/mol. The third-order valence-corrected chi connectivity index (χ3v) is 3.80. The standard InChI is InChI=1S/C13H15F3N2O2.C3H3F3O2/c14-13(15,16)6-8-7-18(5-4-17)10-3-1-2-9(11(8)10)12(19)20;1-8-2(7)3(4,5)6/h1-3,8H,4-7,17H2,(H,19,20);1H3. The van der Waals surface area contributed by atoms with Gasteiger partial charge in [0.25, 0.3) is 0 Å². The Morgan fingerprint density at radius 3 is 2.25 bits per heavy atom. The van der Waals surface area contributed by atoms with E-state index in [0.717, 1.165) is 0 Å². The molecular weight excluding hydrogens is 398 g/mol. The molecule has 0 fully saturated rings. The summed E-state index contributed by atoms with van der Waals surface area (Å²) in [5.74, 6) is -4.23. The number of alkyl halides is 6. The van der Waals surface area contributed by atoms with Crippen molar-refractivity contribution in [3.05, 3.63) is 29.3 Å². The zero-order chi connectivity index (χ0) is 21.7. The molecule has 3 N–H and O–H groups in total. The molecule has 0 aromatic heterocycles. The molecule has 28 heavy (non-hydrogen) atoms. The third-order valence-electron chi connectivity index (χ3n) is 3.80. The summed E-state index contributed by atoms with van der Waals surface area (Å²) >= 11 is 0. The molecule has 1 aromatic carbocycles. The Morgan fingerprint density at radius 2 is 1.86 bits per heavy atom. The second-order valence-corrected chi connectivity index (χ2v) is 5.78. The fourth-order valence-corrected chi connectivity index (χ4v) is 2.83. The number of aromatic carboxylic acids is 1. The third kappa shape index (κ3) is 6.29. The number of benzene rings is 1. The van der Waals surface area contributed by atoms with Crippen molar-refractivity contribution in [2.75, 3.05) is 31.6 Å². The number of nitrogens with zero attached hydrogens (tertiary/aromatic N) is 1. The predicted molar refractivity (Wildman–Crippen MR) is 86.2 cm³/mol. The van der Waals surface area contributed by atoms with Gasteiger partial charge in [-0.3, -0.25) is 0 Å². The van der Waals surface area contributed by atoms with Gasteiger partial charge >= 0.3 is 24.3 Å². The summed E-state index contributed by atoms with van der Waals surface area (Å²) in [5.41, 5.74) is 6.21. The van der Waals surface area contributed by atoms with E-state index >= 15 is 0 Å². The number of carbonyl (C=O) groups is 2. The van der Waals surface area contributed by atoms with E-state index in [1.165, 1.54) is 6.07 Å². The fraction of sp³-hybridized carbons (Fsp3) is 0.500. The smallest absolute Gasteiger partial charge is 0.478 e. The number of nitrogens with two attached hydrogens (primary N) is 1. The Balaban J connectivity index is 0.000000416. The lowest BCUT2D eigenvalue weighted by molar-refractivity contribution is -0.196. The Hall–Kier alpha value is -2.50. The molecule has 0 radical (unpaired) electrons. The van der Waals surface area contributed by atoms with Gasteiger partial charge in [-0.2, -0.15) is 26.3 Å². The summed E-state index contributed by atoms with van der Waals surface area (Å²) in [6.45, 7) is 0.857. The van der Waals surface area contributed by atoms with Gasteiger partial charge < -0.3 is 20.5 Å². The molecule has 1 aliphatic rings. The number of esters is 1. The SMILES string of the molecule is COC(=O)C(F)(F)F.NCCN1CC(CC(F)(F)F)c2c(C(=O)O)cccc21. The molecule has 0 saturated heterocycles. The highest BCUT2D eigenvalue weighted by Crippen LogP contribution is 2.43. The van der Waals surface area contributed by atoms with Crippen molar-refractivity contribution in [3.63, 3.8) is 0 Å². The summed E-state index contributed by atoms with van der Waals surface area (Å²) < 4.78 is 74.2. The lowest BCUT2D eigenvalue weighted by atomic mass is 9.93. The Kier molecular flexibility index (Phi) is 7.67. The van der Waals surface area contributed by atoms with Crippen LogP contribution < -0.4 is 10.6 Å². The van der Waals surface area contributed by atoms with Gasteiger partial charge in [-0.25, -0.2) is 9.59 Å². The van der Waals surface area contributed by atoms with Crippen LogP contribution in [0.1, 0.15) is 28.3 Å². The van der Waals surface area contributed by atoms with Gasteiger partial charge in [0.2, 0.25) is 0 Å². The van der Waals surface area contributed by atoms with Crippen LogP contribution in [0.5, 0.6) is 0 Å². The van der Waals surface area contributed by atoms with Crippen molar-refractivity contribution < 1.29 is 45.8 Å². The van der Waals surface area contributed by atoms with E-state index in [1.807, 2.05) is 0 Å². The first-order chi connectivity index (χ1) is 12.8. The molecule has 1 aromatic rings. The predicted octanol–water partition coefficient (Wildman–Crippen LogP) is 2.92. The second-order valence-electron chi connectivity index (χ2n) is 5.78. The average Bonchev–Trinajstić information content (AvgIpc) is 2.90. The van der Waals surface area contributed by atoms with Crippen LogP contribution in [-0.4, -0.2) is 56.1 Å². The molecular formula is C16H18F6N2O4. The van der Waals surface area contributed by atoms with Crippen molar-refractivity contribution in [3.8, 4) is 0 Å². The second kappa shape index (κ2) is 9.13. The molecule has 1 unspecified atom stereocenters. The molecule has 0 aliphatic carbocycles. The maximum Gasteiger partial charge on any atom is 0.490 e. The number of methoxy groups -OCH3 is 1. The van der Waals surface area contributed by atoms with Gasteiger partial charge in [-0.05, 0) is 17.7 Å². The highest BCUT2D eigenvalue weighted by molar-refractivity contribution is 5.92. The van der Waals surface area contributed by atoms with Crippen molar-refractivity contribution >= 4 is 17.6 Å². The highest BCUT2D eigenvalue weighted by Gasteiger charge is 2.40. The molecule has 0 amide bonds. The van der Waals surface area contributed by atoms with Crippen LogP contribution in [0.3, 0.4) is 0 Å². The molecule has 6 nitrogen and oxygen atoms in total. The molecule has 0 spiro atoms. The normalized spacial score (nSPS) is 16.1. The van der Waals surface area contributed by atoms with E-state index in [9.17, 15) is 35.9 Å². The lowest BCUT2D eigenvalue weighted by Crippen LogP contribution is -2.29. The Bertz CT molecular complexity index is 705. The number of ether oxygens (including phenoxy) is 1. The first-order valence-electron chi connectivity index (χ1n) is 7.85. The number of carboxylic acids is 1. The summed E-state index contributed by atoms with van der Waals surface area (Å²) in [6, 6.07) is 4.53. The van der Waals surface area contributed by atoms with Crippen LogP contribution in [0.25, 0.3) is 0 Å². The molecule has 1 heterocycles. The van der Waals surface area contributed by atoms with Crippen LogP contribution in [0.15, 0.2) is 18.2 Å². The topological polar surface area (TPSA) is 92.9 Å². The summed E-state index contributed by atoms with van der Waals surface area (Å²) in [4.78, 5) is 22.4. The van der Waals surface area contributed by atoms with Gasteiger partial charge in [0, 0.05) is 31.2 Å². The van der Waals surface area contributed by atoms with E-state index in [4.69, 9.17) is 10.8 Å². The first kappa shape index (κ1) is 23.5. The minimum Gasteiger partial charge on any atom is -0.478 e. The van der Waals surface area contributed by atoms with Crippen molar-refractivity contribution in [1.29, 1.82) is 0 Å². The minimum atomic E-state index is -4.85. The lowest BCUT2D eigenvalue weighted by Gasteiger charge is -2.19. The quantitative estimate of drug-likeness (QED) is 0.579. The molecule has 2 rings (SSSR count). The number of hydrogen-bond acceptors (Lipinski definition) is 5. The van der Waals surface area contributed by atoms with Gasteiger partial charge in [0.05, 0.1) is 19.1 Å². The number of halogens is 6. The van der Waals surface area contributed by atoms with Crippen LogP contribution in [0, 0.1) is 0 Å². The maximum absolute atomic E-state index is 12.7. The van der Waals surface area contributed by atoms with E-state index in [-0.39, 0.29) is 17.7 Å². The Labute approximate surface area is 155 Å². The Morgan fingerprint density at radius 1 is 1.25 bits per heavy atom. The number of hydrogen-bond donors (Lipinski definition) is 2. The van der Waals surface area contributed by atoms with E-state index < -0.39 is 36.6 Å². The first-order valence-corrected chi connectivity index (χ1v) is 7.85. The maximum atomic E-state index is 12.7. The number of fused-ring (bicyclic) bond motifs is 1. The number of rotatable bonds is 4. The average molecular weight is 416 g/mol. The molecule has 0 saturated carbocycles. The minimum absolute atomic E-state index is 0.0590. The molecule has 1 atom stereocenters. The van der Waals surface area contributed by atoms with E-state index in [1.54, 1.807) is 17.0 Å². The number of carbonyl (C=O) groups excluding carboxylic acids is 1. The van der Waals surface area contributed by atoms with Crippen molar-refractivity contribution in [1.82, 2.24) is 0 Å². The van der Waals surface area contributed by atoms with Gasteiger partial charge in [-0.1, -0.05) is 6.07 Å². The molecule has 158 valence electrons. The van der Waals surface area contributed by atoms with E-state index in [0.29, 0.717) is 25.9 Å². The van der Waals surface area contributed by atoms with Gasteiger partial charge in [-0.15, -0.1) is 0 Å². The number of anilines is 1. The van der Waals surface area contributed by atoms with Crippen molar-refractivity contribution in [2.24, 2.45) is 5.73 Å².